The van der Waals surface area contributed by atoms with Crippen molar-refractivity contribution >= 4 is 33.2 Å². The third-order valence-electron chi connectivity index (χ3n) is 4.47. The fourth-order valence-electron chi connectivity index (χ4n) is 2.77. The van der Waals surface area contributed by atoms with E-state index in [0.717, 1.165) is 0 Å². The molecule has 0 fully saturated rings. The molecule has 0 radical (unpaired) electrons. The van der Waals surface area contributed by atoms with Crippen LogP contribution in [0.5, 0.6) is 0 Å². The van der Waals surface area contributed by atoms with E-state index >= 15 is 0 Å². The Hall–Kier alpha value is -2.65. The molecule has 9 heteroatoms. The highest BCUT2D eigenvalue weighted by Gasteiger charge is 2.25. The highest BCUT2D eigenvalue weighted by Crippen LogP contribution is 2.21. The Morgan fingerprint density at radius 3 is 2.21 bits per heavy atom. The van der Waals surface area contributed by atoms with E-state index in [4.69, 9.17) is 0 Å². The Morgan fingerprint density at radius 1 is 1.07 bits per heavy atom. The van der Waals surface area contributed by atoms with Crippen molar-refractivity contribution in [1.82, 2.24) is 8.87 Å². The monoisotopic (exact) mass is 420 g/mol. The molecule has 0 saturated carbocycles. The van der Waals surface area contributed by atoms with Crippen LogP contribution in [0.25, 0.3) is 0 Å². The second-order valence-electron chi connectivity index (χ2n) is 6.94. The van der Waals surface area contributed by atoms with Gasteiger partial charge in [0.15, 0.2) is 0 Å². The summed E-state index contributed by atoms with van der Waals surface area (Å²) < 4.78 is 28.2. The smallest absolute Gasteiger partial charge is 0.272 e. The lowest BCUT2D eigenvalue weighted by Crippen LogP contribution is -2.30. The lowest BCUT2D eigenvalue weighted by molar-refractivity contribution is -0.118. The van der Waals surface area contributed by atoms with Gasteiger partial charge >= 0.3 is 0 Å². The molecule has 2 aromatic rings. The standard InChI is InChI=1S/C20H28N4O4S/c1-6-24(7-2)29(27,28)17-12-18(23(5)13-17)20(26)22-16-10-8-9-15(11-16)21-19(25)14(3)4/h8-14H,6-7H2,1-5H3,(H,21,25)(H,22,26). The molecule has 2 rings (SSSR count). The number of nitrogens with zero attached hydrogens (tertiary/aromatic N) is 2. The maximum atomic E-state index is 12.7. The van der Waals surface area contributed by atoms with Crippen LogP contribution in [0.3, 0.4) is 0 Å². The van der Waals surface area contributed by atoms with Crippen molar-refractivity contribution in [2.75, 3.05) is 23.7 Å². The molecule has 0 atom stereocenters. The second kappa shape index (κ2) is 9.23. The summed E-state index contributed by atoms with van der Waals surface area (Å²) in [5.74, 6) is -0.731. The van der Waals surface area contributed by atoms with Crippen molar-refractivity contribution in [1.29, 1.82) is 0 Å². The molecule has 0 bridgehead atoms. The minimum atomic E-state index is -3.65. The number of anilines is 2. The van der Waals surface area contributed by atoms with E-state index < -0.39 is 15.9 Å². The number of aryl methyl sites for hydroxylation is 1. The molecule has 0 spiro atoms. The maximum absolute atomic E-state index is 12.7. The number of nitrogens with one attached hydrogen (secondary N) is 2. The van der Waals surface area contributed by atoms with Gasteiger partial charge in [-0.3, -0.25) is 9.59 Å². The summed E-state index contributed by atoms with van der Waals surface area (Å²) in [5.41, 5.74) is 1.27. The minimum absolute atomic E-state index is 0.0757. The van der Waals surface area contributed by atoms with Crippen molar-refractivity contribution in [3.8, 4) is 0 Å². The predicted molar refractivity (Wildman–Crippen MR) is 113 cm³/mol. The molecular formula is C20H28N4O4S. The van der Waals surface area contributed by atoms with Crippen LogP contribution in [-0.4, -0.2) is 42.2 Å². The van der Waals surface area contributed by atoms with Gasteiger partial charge in [0.05, 0.1) is 0 Å². The maximum Gasteiger partial charge on any atom is 0.272 e. The van der Waals surface area contributed by atoms with Crippen LogP contribution < -0.4 is 10.6 Å². The first kappa shape index (κ1) is 22.6. The van der Waals surface area contributed by atoms with Crippen molar-refractivity contribution in [3.63, 3.8) is 0 Å². The van der Waals surface area contributed by atoms with Crippen LogP contribution in [0.4, 0.5) is 11.4 Å². The topological polar surface area (TPSA) is 101 Å². The molecule has 0 aliphatic carbocycles. The molecule has 0 unspecified atom stereocenters. The largest absolute Gasteiger partial charge is 0.345 e. The number of amides is 2. The number of benzene rings is 1. The van der Waals surface area contributed by atoms with Gasteiger partial charge in [-0.25, -0.2) is 8.42 Å². The zero-order valence-corrected chi connectivity index (χ0v) is 18.2. The molecule has 2 amide bonds. The summed E-state index contributed by atoms with van der Waals surface area (Å²) in [4.78, 5) is 24.6. The van der Waals surface area contributed by atoms with Crippen LogP contribution in [0, 0.1) is 5.92 Å². The molecule has 2 N–H and O–H groups in total. The zero-order chi connectivity index (χ0) is 21.8. The van der Waals surface area contributed by atoms with Crippen LogP contribution in [0.2, 0.25) is 0 Å². The molecule has 1 aromatic heterocycles. The van der Waals surface area contributed by atoms with Crippen LogP contribution in [-0.2, 0) is 21.9 Å². The quantitative estimate of drug-likeness (QED) is 0.686. The number of carbonyl (C=O) groups is 2. The number of hydrogen-bond acceptors (Lipinski definition) is 4. The number of hydrogen-bond donors (Lipinski definition) is 2. The van der Waals surface area contributed by atoms with Crippen LogP contribution in [0.15, 0.2) is 41.4 Å². The molecule has 1 aromatic carbocycles. The van der Waals surface area contributed by atoms with E-state index in [9.17, 15) is 18.0 Å². The summed E-state index contributed by atoms with van der Waals surface area (Å²) in [6, 6.07) is 8.15. The Balaban J connectivity index is 2.22. The lowest BCUT2D eigenvalue weighted by Gasteiger charge is -2.17. The number of sulfonamides is 1. The lowest BCUT2D eigenvalue weighted by atomic mass is 10.2. The Labute approximate surface area is 172 Å². The summed E-state index contributed by atoms with van der Waals surface area (Å²) in [6.07, 6.45) is 1.43. The normalized spacial score (nSPS) is 11.7. The van der Waals surface area contributed by atoms with Gasteiger partial charge in [0.2, 0.25) is 15.9 Å². The summed E-state index contributed by atoms with van der Waals surface area (Å²) in [7, 11) is -2.03. The van der Waals surface area contributed by atoms with Crippen molar-refractivity contribution in [2.24, 2.45) is 13.0 Å². The third-order valence-corrected chi connectivity index (χ3v) is 6.48. The molecule has 29 heavy (non-hydrogen) atoms. The van der Waals surface area contributed by atoms with Gasteiger partial charge in [0, 0.05) is 43.6 Å². The van der Waals surface area contributed by atoms with Crippen molar-refractivity contribution in [3.05, 3.63) is 42.2 Å². The highest BCUT2D eigenvalue weighted by atomic mass is 32.2. The van der Waals surface area contributed by atoms with Crippen LogP contribution in [0.1, 0.15) is 38.2 Å². The fourth-order valence-corrected chi connectivity index (χ4v) is 4.30. The summed E-state index contributed by atoms with van der Waals surface area (Å²) >= 11 is 0. The number of rotatable bonds is 8. The van der Waals surface area contributed by atoms with Crippen LogP contribution >= 0.6 is 0 Å². The second-order valence-corrected chi connectivity index (χ2v) is 8.88. The van der Waals surface area contributed by atoms with Gasteiger partial charge in [-0.15, -0.1) is 0 Å². The van der Waals surface area contributed by atoms with Gasteiger partial charge in [0.25, 0.3) is 5.91 Å². The Bertz CT molecular complexity index is 992. The number of carbonyl (C=O) groups excluding carboxylic acids is 2. The highest BCUT2D eigenvalue weighted by molar-refractivity contribution is 7.89. The van der Waals surface area contributed by atoms with E-state index in [1.54, 1.807) is 59.0 Å². The van der Waals surface area contributed by atoms with Gasteiger partial charge in [-0.1, -0.05) is 33.8 Å². The SMILES string of the molecule is CCN(CC)S(=O)(=O)c1cc(C(=O)Nc2cccc(NC(=O)C(C)C)c2)n(C)c1. The first-order valence-electron chi connectivity index (χ1n) is 9.48. The average Bonchev–Trinajstić information content (AvgIpc) is 3.05. The first-order valence-corrected chi connectivity index (χ1v) is 10.9. The first-order chi connectivity index (χ1) is 13.6. The molecule has 158 valence electrons. The van der Waals surface area contributed by atoms with E-state index in [1.165, 1.54) is 21.1 Å². The fraction of sp³-hybridized carbons (Fsp3) is 0.400. The Kier molecular flexibility index (Phi) is 7.21. The zero-order valence-electron chi connectivity index (χ0n) is 17.4. The van der Waals surface area contributed by atoms with E-state index in [1.807, 2.05) is 0 Å². The predicted octanol–water partition coefficient (Wildman–Crippen LogP) is 2.90. The minimum Gasteiger partial charge on any atom is -0.345 e. The molecule has 0 saturated heterocycles. The van der Waals surface area contributed by atoms with E-state index in [0.29, 0.717) is 24.5 Å². The summed E-state index contributed by atoms with van der Waals surface area (Å²) in [5, 5.41) is 5.52. The van der Waals surface area contributed by atoms with Gasteiger partial charge < -0.3 is 15.2 Å². The van der Waals surface area contributed by atoms with E-state index in [2.05, 4.69) is 10.6 Å². The molecule has 0 aliphatic heterocycles. The van der Waals surface area contributed by atoms with Gasteiger partial charge in [-0.05, 0) is 24.3 Å². The van der Waals surface area contributed by atoms with E-state index in [-0.39, 0.29) is 22.4 Å². The van der Waals surface area contributed by atoms with Crippen molar-refractivity contribution < 1.29 is 18.0 Å². The van der Waals surface area contributed by atoms with Gasteiger partial charge in [-0.2, -0.15) is 4.31 Å². The Morgan fingerprint density at radius 2 is 1.66 bits per heavy atom. The van der Waals surface area contributed by atoms with Crippen molar-refractivity contribution in [2.45, 2.75) is 32.6 Å². The molecule has 0 aliphatic rings. The summed E-state index contributed by atoms with van der Waals surface area (Å²) in [6.45, 7) is 7.82. The van der Waals surface area contributed by atoms with Gasteiger partial charge in [0.1, 0.15) is 10.6 Å². The number of aromatic nitrogens is 1. The third kappa shape index (κ3) is 5.24. The molecule has 8 nitrogen and oxygen atoms in total. The molecule has 1 heterocycles. The average molecular weight is 421 g/mol. The molecular weight excluding hydrogens is 392 g/mol.